The van der Waals surface area contributed by atoms with Crippen molar-refractivity contribution in [2.75, 3.05) is 26.7 Å². The normalized spacial score (nSPS) is 15.9. The molecule has 11 heteroatoms. The van der Waals surface area contributed by atoms with E-state index >= 15 is 0 Å². The quantitative estimate of drug-likeness (QED) is 0.350. The molecule has 1 atom stereocenters. The van der Waals surface area contributed by atoms with Gasteiger partial charge in [0.05, 0.1) is 7.11 Å². The van der Waals surface area contributed by atoms with Crippen molar-refractivity contribution in [1.82, 2.24) is 14.8 Å². The van der Waals surface area contributed by atoms with Gasteiger partial charge >= 0.3 is 10.2 Å². The summed E-state index contributed by atoms with van der Waals surface area (Å²) in [6.07, 6.45) is 8.74. The van der Waals surface area contributed by atoms with Gasteiger partial charge in [-0.1, -0.05) is 5.92 Å². The van der Waals surface area contributed by atoms with Gasteiger partial charge in [-0.2, -0.15) is 8.42 Å². The molecule has 0 N–H and O–H groups in total. The highest BCUT2D eigenvalue weighted by Gasteiger charge is 2.29. The Bertz CT molecular complexity index is 1410. The lowest BCUT2D eigenvalue weighted by Gasteiger charge is -2.40. The monoisotopic (exact) mass is 553 g/mol. The number of aromatic nitrogens is 1. The molecule has 3 aromatic rings. The lowest BCUT2D eigenvalue weighted by Crippen LogP contribution is -2.53. The second-order valence-electron chi connectivity index (χ2n) is 8.27. The van der Waals surface area contributed by atoms with Gasteiger partial charge in [0, 0.05) is 66.5 Å². The number of amides is 1. The number of carbonyl (C=O) groups excluding carboxylic acids is 1. The van der Waals surface area contributed by atoms with Crippen molar-refractivity contribution in [3.8, 4) is 18.1 Å². The van der Waals surface area contributed by atoms with Crippen LogP contribution in [0.15, 0.2) is 53.7 Å². The maximum absolute atomic E-state index is 13.6. The summed E-state index contributed by atoms with van der Waals surface area (Å²) in [4.78, 5) is 21.1. The Kier molecular flexibility index (Phi) is 9.69. The Morgan fingerprint density at radius 3 is 2.58 bits per heavy atom. The number of methoxy groups -OCH3 is 1. The van der Waals surface area contributed by atoms with Crippen LogP contribution in [0, 0.1) is 12.3 Å². The van der Waals surface area contributed by atoms with Crippen LogP contribution in [0.25, 0.3) is 10.8 Å². The zero-order chi connectivity index (χ0) is 24.5. The number of carbonyl (C=O) groups is 1. The Morgan fingerprint density at radius 2 is 1.94 bits per heavy atom. The van der Waals surface area contributed by atoms with Crippen LogP contribution in [0.3, 0.4) is 0 Å². The molecule has 0 aliphatic carbocycles. The summed E-state index contributed by atoms with van der Waals surface area (Å²) < 4.78 is 41.7. The highest BCUT2D eigenvalue weighted by Crippen LogP contribution is 2.29. The van der Waals surface area contributed by atoms with Crippen LogP contribution in [0.1, 0.15) is 28.4 Å². The lowest BCUT2D eigenvalue weighted by molar-refractivity contribution is 0.0477. The summed E-state index contributed by atoms with van der Waals surface area (Å²) in [5.74, 6) is 2.96. The third-order valence-electron chi connectivity index (χ3n) is 6.02. The van der Waals surface area contributed by atoms with Gasteiger partial charge in [0.15, 0.2) is 0 Å². The average Bonchev–Trinajstić information content (AvgIpc) is 2.82. The number of nitrogens with zero attached hydrogens (tertiary/aromatic N) is 3. The molecule has 36 heavy (non-hydrogen) atoms. The molecule has 0 radical (unpaired) electrons. The van der Waals surface area contributed by atoms with Crippen LogP contribution in [0.5, 0.6) is 5.75 Å². The molecular weight excluding hydrogens is 528 g/mol. The van der Waals surface area contributed by atoms with Crippen molar-refractivity contribution in [2.45, 2.75) is 24.4 Å². The van der Waals surface area contributed by atoms with Crippen LogP contribution in [-0.2, 0) is 16.8 Å². The molecule has 0 bridgehead atoms. The van der Waals surface area contributed by atoms with Gasteiger partial charge < -0.3 is 9.64 Å². The predicted molar refractivity (Wildman–Crippen MR) is 141 cm³/mol. The summed E-state index contributed by atoms with van der Waals surface area (Å²) in [6.45, 7) is 3.97. The standard InChI is InChI=1S/C25H24FN3O4S.2ClH/c1-4-18-11-19(13-20(12-18)34(26,31)32)16-28-9-10-29(17(2)15-28)25(30)22-5-6-24(33-3)21-7-8-27-14-23(21)22;;/h1,5-8,11-14,17H,9-10,15-16H2,2-3H3;2*1H/t17-;;/m1../s1. The molecule has 1 saturated heterocycles. The van der Waals surface area contributed by atoms with E-state index in [1.54, 1.807) is 37.7 Å². The van der Waals surface area contributed by atoms with E-state index in [0.29, 0.717) is 48.6 Å². The Labute approximate surface area is 222 Å². The van der Waals surface area contributed by atoms with E-state index in [9.17, 15) is 17.1 Å². The molecule has 1 aromatic heterocycles. The average molecular weight is 554 g/mol. The van der Waals surface area contributed by atoms with Gasteiger partial charge in [-0.25, -0.2) is 0 Å². The highest BCUT2D eigenvalue weighted by atomic mass is 35.5. The van der Waals surface area contributed by atoms with Crippen LogP contribution in [0.2, 0.25) is 0 Å². The van der Waals surface area contributed by atoms with E-state index in [1.807, 2.05) is 17.9 Å². The summed E-state index contributed by atoms with van der Waals surface area (Å²) >= 11 is 0. The van der Waals surface area contributed by atoms with Gasteiger partial charge in [-0.3, -0.25) is 14.7 Å². The summed E-state index contributed by atoms with van der Waals surface area (Å²) in [7, 11) is -3.28. The summed E-state index contributed by atoms with van der Waals surface area (Å²) in [5.41, 5.74) is 1.46. The zero-order valence-corrected chi connectivity index (χ0v) is 22.1. The molecule has 0 saturated carbocycles. The van der Waals surface area contributed by atoms with Gasteiger partial charge in [-0.15, -0.1) is 35.1 Å². The topological polar surface area (TPSA) is 79.8 Å². The first-order chi connectivity index (χ1) is 16.2. The number of halogens is 3. The van der Waals surface area contributed by atoms with E-state index < -0.39 is 15.1 Å². The highest BCUT2D eigenvalue weighted by molar-refractivity contribution is 7.86. The van der Waals surface area contributed by atoms with Crippen LogP contribution < -0.4 is 4.74 Å². The first-order valence-corrected chi connectivity index (χ1v) is 12.1. The molecule has 1 amide bonds. The number of terminal acetylenes is 1. The number of benzene rings is 2. The summed E-state index contributed by atoms with van der Waals surface area (Å²) in [5, 5.41) is 1.55. The number of hydrogen-bond acceptors (Lipinski definition) is 6. The second kappa shape index (κ2) is 11.9. The fourth-order valence-corrected chi connectivity index (χ4v) is 4.95. The molecule has 4 rings (SSSR count). The minimum Gasteiger partial charge on any atom is -0.496 e. The fraction of sp³-hybridized carbons (Fsp3) is 0.280. The van der Waals surface area contributed by atoms with Crippen molar-refractivity contribution >= 4 is 51.7 Å². The molecule has 2 aromatic carbocycles. The van der Waals surface area contributed by atoms with Crippen molar-refractivity contribution < 1.29 is 21.8 Å². The molecular formula is C25H26Cl2FN3O4S. The Hall–Kier alpha value is -2.90. The lowest BCUT2D eigenvalue weighted by atomic mass is 10.0. The SMILES string of the molecule is C#Cc1cc(CN2CCN(C(=O)c3ccc(OC)c4ccncc34)[C@H](C)C2)cc(S(=O)(=O)F)c1.Cl.Cl. The maximum atomic E-state index is 13.6. The minimum absolute atomic E-state index is 0. The molecule has 1 aliphatic rings. The number of hydrogen-bond donors (Lipinski definition) is 0. The number of fused-ring (bicyclic) bond motifs is 1. The minimum atomic E-state index is -4.86. The van der Waals surface area contributed by atoms with Crippen molar-refractivity contribution in [2.24, 2.45) is 0 Å². The van der Waals surface area contributed by atoms with Gasteiger partial charge in [0.1, 0.15) is 10.6 Å². The third kappa shape index (κ3) is 6.08. The molecule has 1 aliphatic heterocycles. The van der Waals surface area contributed by atoms with E-state index in [-0.39, 0.29) is 36.8 Å². The predicted octanol–water partition coefficient (Wildman–Crippen LogP) is 4.07. The Balaban J connectivity index is 0.00000228. The van der Waals surface area contributed by atoms with Crippen LogP contribution >= 0.6 is 24.8 Å². The summed E-state index contributed by atoms with van der Waals surface area (Å²) in [6, 6.07) is 9.38. The molecule has 0 spiro atoms. The smallest absolute Gasteiger partial charge is 0.332 e. The zero-order valence-electron chi connectivity index (χ0n) is 19.7. The third-order valence-corrected chi connectivity index (χ3v) is 6.82. The Morgan fingerprint density at radius 1 is 1.19 bits per heavy atom. The first-order valence-electron chi connectivity index (χ1n) is 10.7. The molecule has 192 valence electrons. The van der Waals surface area contributed by atoms with Crippen molar-refractivity contribution in [3.63, 3.8) is 0 Å². The largest absolute Gasteiger partial charge is 0.496 e. The first kappa shape index (κ1) is 29.3. The maximum Gasteiger partial charge on any atom is 0.332 e. The van der Waals surface area contributed by atoms with Crippen LogP contribution in [-0.4, -0.2) is 61.9 Å². The van der Waals surface area contributed by atoms with Gasteiger partial charge in [0.2, 0.25) is 0 Å². The number of pyridine rings is 1. The molecule has 7 nitrogen and oxygen atoms in total. The molecule has 0 unspecified atom stereocenters. The van der Waals surface area contributed by atoms with E-state index in [2.05, 4.69) is 15.8 Å². The van der Waals surface area contributed by atoms with Gasteiger partial charge in [0.25, 0.3) is 5.91 Å². The van der Waals surface area contributed by atoms with E-state index in [4.69, 9.17) is 11.2 Å². The molecule has 1 fully saturated rings. The number of rotatable bonds is 5. The van der Waals surface area contributed by atoms with E-state index in [1.165, 1.54) is 6.07 Å². The van der Waals surface area contributed by atoms with Crippen LogP contribution in [0.4, 0.5) is 3.89 Å². The van der Waals surface area contributed by atoms with Crippen molar-refractivity contribution in [1.29, 1.82) is 0 Å². The number of piperazine rings is 1. The van der Waals surface area contributed by atoms with Gasteiger partial charge in [-0.05, 0) is 48.9 Å². The van der Waals surface area contributed by atoms with Crippen molar-refractivity contribution in [3.05, 3.63) is 65.5 Å². The second-order valence-corrected chi connectivity index (χ2v) is 9.61. The number of ether oxygens (including phenoxy) is 1. The van der Waals surface area contributed by atoms with E-state index in [0.717, 1.165) is 16.8 Å². The fourth-order valence-electron chi connectivity index (χ4n) is 4.39. The molecule has 2 heterocycles.